The fourth-order valence-corrected chi connectivity index (χ4v) is 2.99. The van der Waals surface area contributed by atoms with Gasteiger partial charge in [0.05, 0.1) is 6.54 Å². The zero-order chi connectivity index (χ0) is 12.8. The summed E-state index contributed by atoms with van der Waals surface area (Å²) in [5.74, 6) is 0.161. The summed E-state index contributed by atoms with van der Waals surface area (Å²) in [5.41, 5.74) is 0. The van der Waals surface area contributed by atoms with Gasteiger partial charge in [0, 0.05) is 12.1 Å². The van der Waals surface area contributed by atoms with Crippen LogP contribution >= 0.6 is 0 Å². The van der Waals surface area contributed by atoms with Gasteiger partial charge < -0.3 is 5.11 Å². The second kappa shape index (κ2) is 7.00. The SMILES string of the molecule is CCC1CCCC(N(CC(=O)O)C(C)C)CC1. The van der Waals surface area contributed by atoms with Gasteiger partial charge in [-0.15, -0.1) is 0 Å². The van der Waals surface area contributed by atoms with Crippen LogP contribution in [-0.2, 0) is 4.79 Å². The molecule has 0 radical (unpaired) electrons. The lowest BCUT2D eigenvalue weighted by Crippen LogP contribution is -2.43. The lowest BCUT2D eigenvalue weighted by Gasteiger charge is -2.33. The van der Waals surface area contributed by atoms with Crippen LogP contribution in [0.5, 0.6) is 0 Å². The van der Waals surface area contributed by atoms with E-state index in [-0.39, 0.29) is 6.54 Å². The highest BCUT2D eigenvalue weighted by Crippen LogP contribution is 2.28. The maximum Gasteiger partial charge on any atom is 0.317 e. The van der Waals surface area contributed by atoms with Crippen LogP contribution in [0.15, 0.2) is 0 Å². The van der Waals surface area contributed by atoms with Crippen molar-refractivity contribution < 1.29 is 9.90 Å². The van der Waals surface area contributed by atoms with Crippen molar-refractivity contribution in [2.45, 2.75) is 71.4 Å². The minimum Gasteiger partial charge on any atom is -0.480 e. The predicted molar refractivity (Wildman–Crippen MR) is 70.1 cm³/mol. The molecule has 1 rings (SSSR count). The van der Waals surface area contributed by atoms with Gasteiger partial charge in [0.2, 0.25) is 0 Å². The first-order valence-corrected chi connectivity index (χ1v) is 7.02. The molecule has 3 heteroatoms. The lowest BCUT2D eigenvalue weighted by molar-refractivity contribution is -0.139. The Bertz CT molecular complexity index is 240. The van der Waals surface area contributed by atoms with Crippen LogP contribution in [0, 0.1) is 5.92 Å². The van der Waals surface area contributed by atoms with E-state index in [9.17, 15) is 4.79 Å². The summed E-state index contributed by atoms with van der Waals surface area (Å²) in [4.78, 5) is 13.1. The molecule has 1 aliphatic carbocycles. The Morgan fingerprint density at radius 1 is 1.29 bits per heavy atom. The van der Waals surface area contributed by atoms with Crippen LogP contribution in [0.25, 0.3) is 0 Å². The molecule has 0 aromatic carbocycles. The number of carbonyl (C=O) groups is 1. The number of nitrogens with zero attached hydrogens (tertiary/aromatic N) is 1. The molecule has 2 unspecified atom stereocenters. The molecular weight excluding hydrogens is 214 g/mol. The fourth-order valence-electron chi connectivity index (χ4n) is 2.99. The molecule has 1 N–H and O–H groups in total. The third kappa shape index (κ3) is 4.66. The number of hydrogen-bond acceptors (Lipinski definition) is 2. The number of hydrogen-bond donors (Lipinski definition) is 1. The van der Waals surface area contributed by atoms with E-state index in [2.05, 4.69) is 25.7 Å². The molecule has 17 heavy (non-hydrogen) atoms. The Balaban J connectivity index is 2.58. The Morgan fingerprint density at radius 2 is 2.00 bits per heavy atom. The number of aliphatic carboxylic acids is 1. The molecule has 0 bridgehead atoms. The van der Waals surface area contributed by atoms with Crippen molar-refractivity contribution in [3.05, 3.63) is 0 Å². The standard InChI is InChI=1S/C14H27NO2/c1-4-12-6-5-7-13(9-8-12)15(11(2)3)10-14(16)17/h11-13H,4-10H2,1-3H3,(H,16,17). The Morgan fingerprint density at radius 3 is 2.53 bits per heavy atom. The van der Waals surface area contributed by atoms with E-state index in [0.717, 1.165) is 5.92 Å². The molecule has 0 aromatic rings. The molecule has 1 aliphatic rings. The first kappa shape index (κ1) is 14.5. The van der Waals surface area contributed by atoms with E-state index in [1.54, 1.807) is 0 Å². The third-order valence-corrected chi connectivity index (χ3v) is 4.09. The molecule has 0 saturated heterocycles. The summed E-state index contributed by atoms with van der Waals surface area (Å²) < 4.78 is 0. The Hall–Kier alpha value is -0.570. The van der Waals surface area contributed by atoms with Crippen molar-refractivity contribution in [2.24, 2.45) is 5.92 Å². The molecule has 0 aromatic heterocycles. The van der Waals surface area contributed by atoms with Crippen LogP contribution in [0.4, 0.5) is 0 Å². The highest BCUT2D eigenvalue weighted by atomic mass is 16.4. The second-order valence-electron chi connectivity index (χ2n) is 5.60. The molecule has 0 amide bonds. The van der Waals surface area contributed by atoms with E-state index in [0.29, 0.717) is 12.1 Å². The summed E-state index contributed by atoms with van der Waals surface area (Å²) in [6.45, 7) is 6.66. The highest BCUT2D eigenvalue weighted by molar-refractivity contribution is 5.69. The van der Waals surface area contributed by atoms with Crippen LogP contribution in [-0.4, -0.2) is 34.6 Å². The van der Waals surface area contributed by atoms with Gasteiger partial charge in [0.15, 0.2) is 0 Å². The summed E-state index contributed by atoms with van der Waals surface area (Å²) in [6.07, 6.45) is 7.46. The molecule has 100 valence electrons. The normalized spacial score (nSPS) is 26.2. The molecule has 1 fully saturated rings. The van der Waals surface area contributed by atoms with Crippen molar-refractivity contribution in [1.82, 2.24) is 4.90 Å². The quantitative estimate of drug-likeness (QED) is 0.752. The van der Waals surface area contributed by atoms with Gasteiger partial charge in [-0.05, 0) is 39.0 Å². The summed E-state index contributed by atoms with van der Waals surface area (Å²) in [5, 5.41) is 8.99. The van der Waals surface area contributed by atoms with Crippen LogP contribution in [0.1, 0.15) is 59.3 Å². The van der Waals surface area contributed by atoms with Crippen molar-refractivity contribution in [3.8, 4) is 0 Å². The minimum absolute atomic E-state index is 0.194. The van der Waals surface area contributed by atoms with Gasteiger partial charge in [0.1, 0.15) is 0 Å². The van der Waals surface area contributed by atoms with E-state index < -0.39 is 5.97 Å². The van der Waals surface area contributed by atoms with Crippen LogP contribution in [0.2, 0.25) is 0 Å². The van der Waals surface area contributed by atoms with E-state index in [1.165, 1.54) is 38.5 Å². The molecule has 0 heterocycles. The average molecular weight is 241 g/mol. The highest BCUT2D eigenvalue weighted by Gasteiger charge is 2.26. The Kier molecular flexibility index (Phi) is 5.96. The zero-order valence-electron chi connectivity index (χ0n) is 11.5. The van der Waals surface area contributed by atoms with Crippen LogP contribution < -0.4 is 0 Å². The van der Waals surface area contributed by atoms with Gasteiger partial charge >= 0.3 is 5.97 Å². The molecule has 0 spiro atoms. The first-order chi connectivity index (χ1) is 8.04. The molecule has 0 aliphatic heterocycles. The smallest absolute Gasteiger partial charge is 0.317 e. The van der Waals surface area contributed by atoms with Crippen molar-refractivity contribution >= 4 is 5.97 Å². The van der Waals surface area contributed by atoms with Crippen molar-refractivity contribution in [3.63, 3.8) is 0 Å². The maximum atomic E-state index is 10.9. The van der Waals surface area contributed by atoms with Gasteiger partial charge in [-0.1, -0.05) is 26.2 Å². The molecule has 3 nitrogen and oxygen atoms in total. The Labute approximate surface area is 105 Å². The van der Waals surface area contributed by atoms with E-state index >= 15 is 0 Å². The summed E-state index contributed by atoms with van der Waals surface area (Å²) >= 11 is 0. The maximum absolute atomic E-state index is 10.9. The molecular formula is C14H27NO2. The summed E-state index contributed by atoms with van der Waals surface area (Å²) in [7, 11) is 0. The molecule has 2 atom stereocenters. The zero-order valence-corrected chi connectivity index (χ0v) is 11.5. The lowest BCUT2D eigenvalue weighted by atomic mass is 9.97. The van der Waals surface area contributed by atoms with E-state index in [1.807, 2.05) is 0 Å². The molecule has 1 saturated carbocycles. The second-order valence-corrected chi connectivity index (χ2v) is 5.60. The van der Waals surface area contributed by atoms with E-state index in [4.69, 9.17) is 5.11 Å². The average Bonchev–Trinajstić information content (AvgIpc) is 2.50. The number of carboxylic acid groups (broad SMARTS) is 1. The van der Waals surface area contributed by atoms with Crippen LogP contribution in [0.3, 0.4) is 0 Å². The van der Waals surface area contributed by atoms with Gasteiger partial charge in [-0.25, -0.2) is 0 Å². The van der Waals surface area contributed by atoms with Gasteiger partial charge in [0.25, 0.3) is 0 Å². The van der Waals surface area contributed by atoms with Gasteiger partial charge in [-0.2, -0.15) is 0 Å². The monoisotopic (exact) mass is 241 g/mol. The number of rotatable bonds is 5. The minimum atomic E-state index is -0.699. The fraction of sp³-hybridized carbons (Fsp3) is 0.929. The predicted octanol–water partition coefficient (Wildman–Crippen LogP) is 3.14. The van der Waals surface area contributed by atoms with Crippen molar-refractivity contribution in [2.75, 3.05) is 6.54 Å². The van der Waals surface area contributed by atoms with Gasteiger partial charge in [-0.3, -0.25) is 9.69 Å². The third-order valence-electron chi connectivity index (χ3n) is 4.09. The first-order valence-electron chi connectivity index (χ1n) is 7.02. The number of carboxylic acids is 1. The summed E-state index contributed by atoms with van der Waals surface area (Å²) in [6, 6.07) is 0.803. The van der Waals surface area contributed by atoms with Crippen molar-refractivity contribution in [1.29, 1.82) is 0 Å². The topological polar surface area (TPSA) is 40.5 Å². The largest absolute Gasteiger partial charge is 0.480 e.